The van der Waals surface area contributed by atoms with E-state index in [2.05, 4.69) is 5.10 Å². The van der Waals surface area contributed by atoms with Crippen LogP contribution in [0.5, 0.6) is 5.75 Å². The molecule has 0 spiro atoms. The zero-order valence-electron chi connectivity index (χ0n) is 6.89. The monoisotopic (exact) mass is 170 g/mol. The van der Waals surface area contributed by atoms with Gasteiger partial charge in [0.1, 0.15) is 0 Å². The van der Waals surface area contributed by atoms with Crippen LogP contribution in [0.3, 0.4) is 0 Å². The van der Waals surface area contributed by atoms with Gasteiger partial charge in [-0.05, 0) is 6.92 Å². The summed E-state index contributed by atoms with van der Waals surface area (Å²) in [6, 6.07) is 0. The van der Waals surface area contributed by atoms with Gasteiger partial charge in [0.2, 0.25) is 0 Å². The van der Waals surface area contributed by atoms with Gasteiger partial charge in [0.25, 0.3) is 0 Å². The molecule has 1 N–H and O–H groups in total. The third-order valence-electron chi connectivity index (χ3n) is 1.34. The first-order chi connectivity index (χ1) is 5.59. The van der Waals surface area contributed by atoms with Crippen LogP contribution in [-0.4, -0.2) is 27.0 Å². The van der Waals surface area contributed by atoms with Crippen molar-refractivity contribution in [3.63, 3.8) is 0 Å². The molecular weight excluding hydrogens is 160 g/mol. The molecule has 0 aromatic carbocycles. The first kappa shape index (κ1) is 8.58. The number of aliphatic carboxylic acids is 1. The molecule has 0 saturated carbocycles. The Morgan fingerprint density at radius 1 is 1.83 bits per heavy atom. The van der Waals surface area contributed by atoms with Crippen molar-refractivity contribution in [2.75, 3.05) is 0 Å². The first-order valence-electron chi connectivity index (χ1n) is 3.47. The summed E-state index contributed by atoms with van der Waals surface area (Å²) in [5, 5.41) is 12.3. The van der Waals surface area contributed by atoms with Crippen LogP contribution in [0.2, 0.25) is 0 Å². The van der Waals surface area contributed by atoms with E-state index < -0.39 is 12.1 Å². The van der Waals surface area contributed by atoms with Crippen molar-refractivity contribution >= 4 is 5.97 Å². The summed E-state index contributed by atoms with van der Waals surface area (Å²) in [7, 11) is 1.73. The van der Waals surface area contributed by atoms with Crippen molar-refractivity contribution in [2.24, 2.45) is 7.05 Å². The van der Waals surface area contributed by atoms with Crippen LogP contribution in [0.1, 0.15) is 6.92 Å². The van der Waals surface area contributed by atoms with E-state index in [0.717, 1.165) is 0 Å². The lowest BCUT2D eigenvalue weighted by Crippen LogP contribution is -2.22. The van der Waals surface area contributed by atoms with Crippen molar-refractivity contribution < 1.29 is 14.6 Å². The highest BCUT2D eigenvalue weighted by molar-refractivity contribution is 5.72. The van der Waals surface area contributed by atoms with E-state index in [1.807, 2.05) is 0 Å². The molecule has 5 heteroatoms. The molecule has 0 amide bonds. The van der Waals surface area contributed by atoms with Crippen molar-refractivity contribution in [2.45, 2.75) is 13.0 Å². The number of nitrogens with zero attached hydrogens (tertiary/aromatic N) is 2. The largest absolute Gasteiger partial charge is 0.479 e. The number of carbonyl (C=O) groups is 1. The number of aryl methyl sites for hydroxylation is 1. The predicted molar refractivity (Wildman–Crippen MR) is 40.9 cm³/mol. The van der Waals surface area contributed by atoms with Gasteiger partial charge in [0.15, 0.2) is 11.9 Å². The van der Waals surface area contributed by atoms with Crippen LogP contribution in [-0.2, 0) is 11.8 Å². The van der Waals surface area contributed by atoms with Gasteiger partial charge in [-0.3, -0.25) is 4.68 Å². The number of hydrogen-bond donors (Lipinski definition) is 1. The van der Waals surface area contributed by atoms with Gasteiger partial charge >= 0.3 is 5.97 Å². The molecule has 0 radical (unpaired) electrons. The fourth-order valence-corrected chi connectivity index (χ4v) is 0.714. The summed E-state index contributed by atoms with van der Waals surface area (Å²) in [5.41, 5.74) is 0. The molecule has 0 aliphatic heterocycles. The molecule has 12 heavy (non-hydrogen) atoms. The quantitative estimate of drug-likeness (QED) is 0.707. The molecule has 1 atom stereocenters. The first-order valence-corrected chi connectivity index (χ1v) is 3.47. The minimum atomic E-state index is -0.987. The van der Waals surface area contributed by atoms with E-state index in [0.29, 0.717) is 5.75 Å². The summed E-state index contributed by atoms with van der Waals surface area (Å²) in [5.74, 6) is -0.522. The molecule has 5 nitrogen and oxygen atoms in total. The maximum atomic E-state index is 10.4. The number of hydrogen-bond acceptors (Lipinski definition) is 3. The Hall–Kier alpha value is -1.52. The molecular formula is C7H10N2O3. The van der Waals surface area contributed by atoms with Crippen LogP contribution in [0, 0.1) is 0 Å². The van der Waals surface area contributed by atoms with Crippen molar-refractivity contribution in [1.82, 2.24) is 9.78 Å². The molecule has 1 heterocycles. The fraction of sp³-hybridized carbons (Fsp3) is 0.429. The number of carboxylic acids is 1. The van der Waals surface area contributed by atoms with Crippen LogP contribution in [0.25, 0.3) is 0 Å². The number of carboxylic acid groups (broad SMARTS) is 1. The van der Waals surface area contributed by atoms with E-state index in [4.69, 9.17) is 9.84 Å². The minimum absolute atomic E-state index is 0.465. The topological polar surface area (TPSA) is 64.4 Å². The molecule has 0 bridgehead atoms. The van der Waals surface area contributed by atoms with Crippen LogP contribution in [0.4, 0.5) is 0 Å². The zero-order valence-corrected chi connectivity index (χ0v) is 6.89. The van der Waals surface area contributed by atoms with Gasteiger partial charge in [-0.15, -0.1) is 0 Å². The maximum Gasteiger partial charge on any atom is 0.344 e. The van der Waals surface area contributed by atoms with E-state index in [1.165, 1.54) is 13.1 Å². The average molecular weight is 170 g/mol. The predicted octanol–water partition coefficient (Wildman–Crippen LogP) is 0.272. The van der Waals surface area contributed by atoms with Crippen molar-refractivity contribution in [1.29, 1.82) is 0 Å². The second-order valence-corrected chi connectivity index (χ2v) is 2.45. The third-order valence-corrected chi connectivity index (χ3v) is 1.34. The molecule has 0 aliphatic carbocycles. The lowest BCUT2D eigenvalue weighted by Gasteiger charge is -2.06. The lowest BCUT2D eigenvalue weighted by molar-refractivity contribution is -0.144. The van der Waals surface area contributed by atoms with Gasteiger partial charge < -0.3 is 9.84 Å². The van der Waals surface area contributed by atoms with E-state index in [-0.39, 0.29) is 0 Å². The highest BCUT2D eigenvalue weighted by atomic mass is 16.5. The van der Waals surface area contributed by atoms with Crippen molar-refractivity contribution in [3.8, 4) is 5.75 Å². The fourth-order valence-electron chi connectivity index (χ4n) is 0.714. The highest BCUT2D eigenvalue weighted by Gasteiger charge is 2.12. The Labute approximate surface area is 69.6 Å². The molecule has 0 saturated heterocycles. The Balaban J connectivity index is 2.58. The summed E-state index contributed by atoms with van der Waals surface area (Å²) in [4.78, 5) is 10.4. The van der Waals surface area contributed by atoms with Crippen LogP contribution < -0.4 is 4.74 Å². The molecule has 66 valence electrons. The van der Waals surface area contributed by atoms with Gasteiger partial charge in [-0.25, -0.2) is 4.79 Å². The Morgan fingerprint density at radius 3 is 2.92 bits per heavy atom. The second-order valence-electron chi connectivity index (χ2n) is 2.45. The second kappa shape index (κ2) is 3.25. The molecule has 0 aliphatic rings. The Bertz CT molecular complexity index is 282. The Morgan fingerprint density at radius 2 is 2.50 bits per heavy atom. The summed E-state index contributed by atoms with van der Waals surface area (Å²) in [6.07, 6.45) is 2.24. The molecule has 0 fully saturated rings. The standard InChI is InChI=1S/C7H10N2O3/c1-5(7(10)11)12-6-3-8-9(2)4-6/h3-5H,1-2H3,(H,10,11)/t5-/m0/s1. The summed E-state index contributed by atoms with van der Waals surface area (Å²) < 4.78 is 6.56. The number of rotatable bonds is 3. The zero-order chi connectivity index (χ0) is 9.14. The minimum Gasteiger partial charge on any atom is -0.479 e. The number of aromatic nitrogens is 2. The van der Waals surface area contributed by atoms with E-state index in [9.17, 15) is 4.79 Å². The van der Waals surface area contributed by atoms with E-state index in [1.54, 1.807) is 17.9 Å². The van der Waals surface area contributed by atoms with Gasteiger partial charge in [0, 0.05) is 7.05 Å². The molecule has 1 aromatic rings. The van der Waals surface area contributed by atoms with Crippen LogP contribution in [0.15, 0.2) is 12.4 Å². The summed E-state index contributed by atoms with van der Waals surface area (Å²) in [6.45, 7) is 1.47. The smallest absolute Gasteiger partial charge is 0.344 e. The molecule has 1 aromatic heterocycles. The average Bonchev–Trinajstić information content (AvgIpc) is 2.35. The highest BCUT2D eigenvalue weighted by Crippen LogP contribution is 2.09. The molecule has 1 rings (SSSR count). The van der Waals surface area contributed by atoms with Crippen molar-refractivity contribution in [3.05, 3.63) is 12.4 Å². The van der Waals surface area contributed by atoms with Gasteiger partial charge in [0.05, 0.1) is 12.4 Å². The number of ether oxygens (including phenoxy) is 1. The third kappa shape index (κ3) is 1.98. The molecule has 0 unspecified atom stereocenters. The van der Waals surface area contributed by atoms with Gasteiger partial charge in [-0.1, -0.05) is 0 Å². The SMILES string of the molecule is C[C@H](Oc1cnn(C)c1)C(=O)O. The summed E-state index contributed by atoms with van der Waals surface area (Å²) >= 11 is 0. The van der Waals surface area contributed by atoms with Crippen LogP contribution >= 0.6 is 0 Å². The van der Waals surface area contributed by atoms with Gasteiger partial charge in [-0.2, -0.15) is 5.10 Å². The normalized spacial score (nSPS) is 12.5. The maximum absolute atomic E-state index is 10.4. The lowest BCUT2D eigenvalue weighted by atomic mass is 10.4. The Kier molecular flexibility index (Phi) is 2.32. The van der Waals surface area contributed by atoms with E-state index >= 15 is 0 Å².